The number of benzene rings is 2. The molecule has 2 heterocycles. The molecular weight excluding hydrogens is 474 g/mol. The number of halogens is 1. The fourth-order valence-corrected chi connectivity index (χ4v) is 4.52. The Labute approximate surface area is 184 Å². The van der Waals surface area contributed by atoms with Crippen molar-refractivity contribution in [2.45, 2.75) is 6.54 Å². The molecule has 0 spiro atoms. The van der Waals surface area contributed by atoms with Crippen molar-refractivity contribution in [1.82, 2.24) is 14.5 Å². The van der Waals surface area contributed by atoms with Gasteiger partial charge in [0.15, 0.2) is 0 Å². The zero-order valence-electron chi connectivity index (χ0n) is 14.9. The van der Waals surface area contributed by atoms with Crippen LogP contribution in [-0.2, 0) is 16.1 Å². The number of carboxylic acids is 1. The third-order valence-electron chi connectivity index (χ3n) is 4.37. The molecular formula is C20H14BrN3O3S2. The summed E-state index contributed by atoms with van der Waals surface area (Å²) >= 11 is 9.71. The number of rotatable bonds is 5. The predicted molar refractivity (Wildman–Crippen MR) is 120 cm³/mol. The Hall–Kier alpha value is -2.49. The summed E-state index contributed by atoms with van der Waals surface area (Å²) in [6.07, 6.45) is 1.68. The van der Waals surface area contributed by atoms with Crippen LogP contribution >= 0.6 is 39.9 Å². The lowest BCUT2D eigenvalue weighted by atomic mass is 10.2. The molecule has 0 radical (unpaired) electrons. The molecule has 1 aliphatic heterocycles. The third kappa shape index (κ3) is 4.12. The van der Waals surface area contributed by atoms with Crippen LogP contribution in [-0.4, -0.2) is 42.3 Å². The summed E-state index contributed by atoms with van der Waals surface area (Å²) in [5.41, 5.74) is 2.85. The van der Waals surface area contributed by atoms with Gasteiger partial charge in [-0.25, -0.2) is 4.98 Å². The van der Waals surface area contributed by atoms with Crippen LogP contribution in [0.15, 0.2) is 57.9 Å². The van der Waals surface area contributed by atoms with Crippen LogP contribution in [0.5, 0.6) is 0 Å². The first kappa shape index (κ1) is 19.8. The number of amides is 1. The summed E-state index contributed by atoms with van der Waals surface area (Å²) in [5.74, 6) is -0.903. The van der Waals surface area contributed by atoms with Crippen LogP contribution in [0, 0.1) is 0 Å². The van der Waals surface area contributed by atoms with E-state index < -0.39 is 18.4 Å². The van der Waals surface area contributed by atoms with Crippen LogP contribution < -0.4 is 0 Å². The predicted octanol–water partition coefficient (Wildman–Crippen LogP) is 4.13. The van der Waals surface area contributed by atoms with Gasteiger partial charge < -0.3 is 9.67 Å². The number of nitrogens with zero attached hydrogens (tertiary/aromatic N) is 3. The van der Waals surface area contributed by atoms with Gasteiger partial charge in [0.1, 0.15) is 16.7 Å². The molecule has 1 aromatic heterocycles. The maximum absolute atomic E-state index is 12.6. The minimum absolute atomic E-state index is 0.235. The molecule has 0 bridgehead atoms. The monoisotopic (exact) mass is 487 g/mol. The molecule has 9 heteroatoms. The van der Waals surface area contributed by atoms with Gasteiger partial charge >= 0.3 is 5.97 Å². The summed E-state index contributed by atoms with van der Waals surface area (Å²) in [4.78, 5) is 29.8. The second-order valence-electron chi connectivity index (χ2n) is 6.33. The molecule has 2 aromatic carbocycles. The van der Waals surface area contributed by atoms with Gasteiger partial charge in [-0.2, -0.15) is 0 Å². The number of thioether (sulfide) groups is 1. The SMILES string of the molecule is O=C(O)CN1C(=O)/C(=C/c2nc3ccccc3n2Cc2ccc(Br)cc2)SC1=S. The number of hydrogen-bond donors (Lipinski definition) is 1. The molecule has 29 heavy (non-hydrogen) atoms. The van der Waals surface area contributed by atoms with Crippen molar-refractivity contribution < 1.29 is 14.7 Å². The Kier molecular flexibility index (Phi) is 5.53. The lowest BCUT2D eigenvalue weighted by Crippen LogP contribution is -2.33. The van der Waals surface area contributed by atoms with Crippen molar-refractivity contribution in [3.05, 3.63) is 69.3 Å². The number of hydrogen-bond acceptors (Lipinski definition) is 5. The second-order valence-corrected chi connectivity index (χ2v) is 8.92. The molecule has 0 saturated carbocycles. The van der Waals surface area contributed by atoms with Crippen molar-refractivity contribution in [3.8, 4) is 0 Å². The van der Waals surface area contributed by atoms with Crippen molar-refractivity contribution >= 4 is 73.2 Å². The summed E-state index contributed by atoms with van der Waals surface area (Å²) in [6.45, 7) is 0.131. The molecule has 1 aliphatic rings. The lowest BCUT2D eigenvalue weighted by molar-refractivity contribution is -0.140. The number of thiocarbonyl (C=S) groups is 1. The molecule has 6 nitrogen and oxygen atoms in total. The normalized spacial score (nSPS) is 15.6. The maximum Gasteiger partial charge on any atom is 0.323 e. The maximum atomic E-state index is 12.6. The van der Waals surface area contributed by atoms with Crippen LogP contribution in [0.2, 0.25) is 0 Å². The van der Waals surface area contributed by atoms with Crippen molar-refractivity contribution in [2.75, 3.05) is 6.54 Å². The molecule has 1 saturated heterocycles. The van der Waals surface area contributed by atoms with Crippen LogP contribution in [0.4, 0.5) is 0 Å². The van der Waals surface area contributed by atoms with E-state index in [2.05, 4.69) is 20.9 Å². The molecule has 1 N–H and O–H groups in total. The van der Waals surface area contributed by atoms with E-state index in [4.69, 9.17) is 17.3 Å². The van der Waals surface area contributed by atoms with E-state index >= 15 is 0 Å². The van der Waals surface area contributed by atoms with Gasteiger partial charge in [-0.15, -0.1) is 0 Å². The number of carbonyl (C=O) groups excluding carboxylic acids is 1. The fraction of sp³-hybridized carbons (Fsp3) is 0.100. The largest absolute Gasteiger partial charge is 0.480 e. The Morgan fingerprint density at radius 2 is 1.93 bits per heavy atom. The fourth-order valence-electron chi connectivity index (χ4n) is 3.03. The van der Waals surface area contributed by atoms with E-state index in [0.29, 0.717) is 17.3 Å². The number of para-hydroxylation sites is 2. The van der Waals surface area contributed by atoms with Gasteiger partial charge in [0.05, 0.1) is 15.9 Å². The van der Waals surface area contributed by atoms with Gasteiger partial charge in [0, 0.05) is 17.1 Å². The highest BCUT2D eigenvalue weighted by Gasteiger charge is 2.33. The quantitative estimate of drug-likeness (QED) is 0.430. The summed E-state index contributed by atoms with van der Waals surface area (Å²) < 4.78 is 3.26. The first-order chi connectivity index (χ1) is 13.9. The van der Waals surface area contributed by atoms with Gasteiger partial charge in [0.2, 0.25) is 0 Å². The number of aliphatic carboxylic acids is 1. The number of aromatic nitrogens is 2. The van der Waals surface area contributed by atoms with Gasteiger partial charge in [-0.05, 0) is 29.8 Å². The summed E-state index contributed by atoms with van der Waals surface area (Å²) in [6, 6.07) is 15.8. The highest BCUT2D eigenvalue weighted by molar-refractivity contribution is 9.10. The molecule has 1 amide bonds. The van der Waals surface area contributed by atoms with Crippen molar-refractivity contribution in [3.63, 3.8) is 0 Å². The topological polar surface area (TPSA) is 75.4 Å². The van der Waals surface area contributed by atoms with E-state index in [0.717, 1.165) is 37.7 Å². The number of carboxylic acid groups (broad SMARTS) is 1. The number of fused-ring (bicyclic) bond motifs is 1. The Bertz CT molecular complexity index is 1170. The first-order valence-electron chi connectivity index (χ1n) is 8.59. The van der Waals surface area contributed by atoms with Gasteiger partial charge in [0.25, 0.3) is 5.91 Å². The zero-order chi connectivity index (χ0) is 20.5. The van der Waals surface area contributed by atoms with E-state index in [1.54, 1.807) is 6.08 Å². The summed E-state index contributed by atoms with van der Waals surface area (Å²) in [7, 11) is 0. The first-order valence-corrected chi connectivity index (χ1v) is 10.6. The molecule has 3 aromatic rings. The Morgan fingerprint density at radius 3 is 2.66 bits per heavy atom. The minimum Gasteiger partial charge on any atom is -0.480 e. The highest BCUT2D eigenvalue weighted by atomic mass is 79.9. The van der Waals surface area contributed by atoms with E-state index in [-0.39, 0.29) is 4.32 Å². The van der Waals surface area contributed by atoms with Crippen LogP contribution in [0.25, 0.3) is 17.1 Å². The average molecular weight is 488 g/mol. The molecule has 0 unspecified atom stereocenters. The van der Waals surface area contributed by atoms with E-state index in [1.807, 2.05) is 53.1 Å². The molecule has 0 aliphatic carbocycles. The summed E-state index contributed by atoms with van der Waals surface area (Å²) in [5, 5.41) is 9.01. The minimum atomic E-state index is -1.11. The van der Waals surface area contributed by atoms with Crippen molar-refractivity contribution in [2.24, 2.45) is 0 Å². The van der Waals surface area contributed by atoms with E-state index in [9.17, 15) is 9.59 Å². The number of imidazole rings is 1. The van der Waals surface area contributed by atoms with E-state index in [1.165, 1.54) is 0 Å². The Morgan fingerprint density at radius 1 is 1.21 bits per heavy atom. The van der Waals surface area contributed by atoms with Crippen LogP contribution in [0.3, 0.4) is 0 Å². The van der Waals surface area contributed by atoms with Gasteiger partial charge in [-0.3, -0.25) is 14.5 Å². The zero-order valence-corrected chi connectivity index (χ0v) is 18.1. The highest BCUT2D eigenvalue weighted by Crippen LogP contribution is 2.33. The van der Waals surface area contributed by atoms with Crippen molar-refractivity contribution in [1.29, 1.82) is 0 Å². The standard InChI is InChI=1S/C20H14BrN3O3S2/c21-13-7-5-12(6-8-13)10-23-15-4-2-1-3-14(15)22-17(23)9-16-19(27)24(11-18(25)26)20(28)29-16/h1-9H,10-11H2,(H,25,26)/b16-9-. The Balaban J connectivity index is 1.75. The number of carbonyl (C=O) groups is 2. The third-order valence-corrected chi connectivity index (χ3v) is 6.27. The molecule has 4 rings (SSSR count). The van der Waals surface area contributed by atoms with Crippen LogP contribution in [0.1, 0.15) is 11.4 Å². The van der Waals surface area contributed by atoms with Gasteiger partial charge in [-0.1, -0.05) is 64.2 Å². The smallest absolute Gasteiger partial charge is 0.323 e. The second kappa shape index (κ2) is 8.10. The molecule has 146 valence electrons. The average Bonchev–Trinajstić information content (AvgIpc) is 3.16. The lowest BCUT2D eigenvalue weighted by Gasteiger charge is -2.10. The molecule has 1 fully saturated rings. The molecule has 0 atom stereocenters.